The maximum atomic E-state index is 11.8. The van der Waals surface area contributed by atoms with Crippen LogP contribution in [-0.4, -0.2) is 33.7 Å². The first-order valence-electron chi connectivity index (χ1n) is 6.03. The van der Waals surface area contributed by atoms with Crippen LogP contribution in [0.4, 0.5) is 5.69 Å². The van der Waals surface area contributed by atoms with Gasteiger partial charge in [-0.25, -0.2) is 0 Å². The number of amides is 1. The number of aromatic nitrogens is 2. The van der Waals surface area contributed by atoms with Crippen LogP contribution in [0, 0.1) is 13.8 Å². The molecule has 1 unspecified atom stereocenters. The predicted molar refractivity (Wildman–Crippen MR) is 76.7 cm³/mol. The standard InChI is InChI=1S/C12H22N4OS/c1-8(5-6-18-4)14-11(17)7-16-10(3)12(13)9(2)15-16/h8H,5-7,13H2,1-4H3,(H,14,17). The number of carbonyl (C=O) groups excluding carboxylic acids is 1. The third-order valence-corrected chi connectivity index (χ3v) is 3.54. The van der Waals surface area contributed by atoms with Crippen molar-refractivity contribution < 1.29 is 4.79 Å². The number of nitrogens with two attached hydrogens (primary N) is 1. The highest BCUT2D eigenvalue weighted by Gasteiger charge is 2.12. The molecule has 0 radical (unpaired) electrons. The molecule has 0 aliphatic rings. The number of nitrogens with one attached hydrogen (secondary N) is 1. The number of nitrogens with zero attached hydrogens (tertiary/aromatic N) is 2. The molecule has 0 aliphatic carbocycles. The van der Waals surface area contributed by atoms with Crippen LogP contribution in [0.25, 0.3) is 0 Å². The number of carbonyl (C=O) groups is 1. The summed E-state index contributed by atoms with van der Waals surface area (Å²) in [7, 11) is 0. The quantitative estimate of drug-likeness (QED) is 0.818. The molecule has 0 saturated carbocycles. The maximum absolute atomic E-state index is 11.8. The molecule has 1 heterocycles. The van der Waals surface area contributed by atoms with Gasteiger partial charge in [0.1, 0.15) is 6.54 Å². The van der Waals surface area contributed by atoms with Crippen LogP contribution in [0.3, 0.4) is 0 Å². The first kappa shape index (κ1) is 14.9. The monoisotopic (exact) mass is 270 g/mol. The zero-order valence-electron chi connectivity index (χ0n) is 11.5. The zero-order valence-corrected chi connectivity index (χ0v) is 12.3. The Labute approximate surface area is 112 Å². The van der Waals surface area contributed by atoms with Crippen molar-refractivity contribution in [3.63, 3.8) is 0 Å². The molecule has 0 fully saturated rings. The number of nitrogen functional groups attached to an aromatic ring is 1. The molecule has 102 valence electrons. The van der Waals surface area contributed by atoms with Crippen LogP contribution >= 0.6 is 11.8 Å². The zero-order chi connectivity index (χ0) is 13.7. The van der Waals surface area contributed by atoms with Crippen LogP contribution in [0.5, 0.6) is 0 Å². The average Bonchev–Trinajstić information content (AvgIpc) is 2.54. The van der Waals surface area contributed by atoms with Gasteiger partial charge in [0.25, 0.3) is 0 Å². The lowest BCUT2D eigenvalue weighted by atomic mass is 10.2. The van der Waals surface area contributed by atoms with Crippen molar-refractivity contribution in [3.8, 4) is 0 Å². The van der Waals surface area contributed by atoms with Crippen molar-refractivity contribution in [2.75, 3.05) is 17.7 Å². The van der Waals surface area contributed by atoms with Gasteiger partial charge in [-0.2, -0.15) is 16.9 Å². The highest BCUT2D eigenvalue weighted by molar-refractivity contribution is 7.98. The van der Waals surface area contributed by atoms with Gasteiger partial charge in [0.05, 0.1) is 17.1 Å². The summed E-state index contributed by atoms with van der Waals surface area (Å²) in [6.07, 6.45) is 3.04. The van der Waals surface area contributed by atoms with E-state index in [1.807, 2.05) is 20.8 Å². The predicted octanol–water partition coefficient (Wildman–Crippen LogP) is 1.34. The van der Waals surface area contributed by atoms with Crippen molar-refractivity contribution in [2.45, 2.75) is 39.8 Å². The van der Waals surface area contributed by atoms with E-state index >= 15 is 0 Å². The van der Waals surface area contributed by atoms with E-state index in [1.54, 1.807) is 16.4 Å². The Morgan fingerprint density at radius 1 is 1.56 bits per heavy atom. The Hall–Kier alpha value is -1.17. The van der Waals surface area contributed by atoms with Crippen LogP contribution in [-0.2, 0) is 11.3 Å². The van der Waals surface area contributed by atoms with Crippen molar-refractivity contribution >= 4 is 23.4 Å². The second kappa shape index (κ2) is 6.68. The van der Waals surface area contributed by atoms with Gasteiger partial charge in [0.15, 0.2) is 0 Å². The number of hydrogen-bond acceptors (Lipinski definition) is 4. The largest absolute Gasteiger partial charge is 0.396 e. The lowest BCUT2D eigenvalue weighted by Gasteiger charge is -2.13. The fourth-order valence-corrected chi connectivity index (χ4v) is 2.28. The van der Waals surface area contributed by atoms with Gasteiger partial charge in [-0.3, -0.25) is 9.48 Å². The van der Waals surface area contributed by atoms with E-state index in [-0.39, 0.29) is 18.5 Å². The van der Waals surface area contributed by atoms with E-state index < -0.39 is 0 Å². The molecule has 1 atom stereocenters. The molecule has 0 saturated heterocycles. The highest BCUT2D eigenvalue weighted by Crippen LogP contribution is 2.14. The summed E-state index contributed by atoms with van der Waals surface area (Å²) in [5.41, 5.74) is 8.11. The number of anilines is 1. The minimum Gasteiger partial charge on any atom is -0.396 e. The first-order valence-corrected chi connectivity index (χ1v) is 7.42. The van der Waals surface area contributed by atoms with Crippen molar-refractivity contribution in [3.05, 3.63) is 11.4 Å². The molecule has 0 aliphatic heterocycles. The average molecular weight is 270 g/mol. The fourth-order valence-electron chi connectivity index (χ4n) is 1.69. The van der Waals surface area contributed by atoms with E-state index in [0.29, 0.717) is 5.69 Å². The third kappa shape index (κ3) is 3.94. The Balaban J connectivity index is 2.51. The lowest BCUT2D eigenvalue weighted by molar-refractivity contribution is -0.122. The summed E-state index contributed by atoms with van der Waals surface area (Å²) in [6.45, 7) is 5.97. The normalized spacial score (nSPS) is 12.4. The van der Waals surface area contributed by atoms with Crippen LogP contribution < -0.4 is 11.1 Å². The van der Waals surface area contributed by atoms with Gasteiger partial charge in [-0.05, 0) is 39.2 Å². The molecule has 0 bridgehead atoms. The topological polar surface area (TPSA) is 72.9 Å². The van der Waals surface area contributed by atoms with Gasteiger partial charge in [-0.1, -0.05) is 0 Å². The number of hydrogen-bond donors (Lipinski definition) is 2. The van der Waals surface area contributed by atoms with Crippen molar-refractivity contribution in [1.29, 1.82) is 0 Å². The molecule has 1 aromatic heterocycles. The summed E-state index contributed by atoms with van der Waals surface area (Å²) in [6, 6.07) is 0.194. The van der Waals surface area contributed by atoms with Gasteiger partial charge in [-0.15, -0.1) is 0 Å². The van der Waals surface area contributed by atoms with Crippen LogP contribution in [0.1, 0.15) is 24.7 Å². The molecule has 5 nitrogen and oxygen atoms in total. The van der Waals surface area contributed by atoms with E-state index in [9.17, 15) is 4.79 Å². The van der Waals surface area contributed by atoms with E-state index in [1.165, 1.54) is 0 Å². The molecule has 6 heteroatoms. The summed E-state index contributed by atoms with van der Waals surface area (Å²) < 4.78 is 1.65. The highest BCUT2D eigenvalue weighted by atomic mass is 32.2. The minimum atomic E-state index is -0.0193. The number of aryl methyl sites for hydroxylation is 1. The smallest absolute Gasteiger partial charge is 0.241 e. The maximum Gasteiger partial charge on any atom is 0.241 e. The Morgan fingerprint density at radius 3 is 2.72 bits per heavy atom. The first-order chi connectivity index (χ1) is 8.45. The van der Waals surface area contributed by atoms with E-state index in [4.69, 9.17) is 5.73 Å². The molecule has 0 spiro atoms. The Bertz CT molecular complexity index is 416. The van der Waals surface area contributed by atoms with E-state index in [0.717, 1.165) is 23.6 Å². The Kier molecular flexibility index (Phi) is 5.53. The SMILES string of the molecule is CSCCC(C)NC(=O)Cn1nc(C)c(N)c1C. The molecule has 1 rings (SSSR count). The molecule has 0 aromatic carbocycles. The molecular formula is C12H22N4OS. The van der Waals surface area contributed by atoms with Gasteiger partial charge >= 0.3 is 0 Å². The van der Waals surface area contributed by atoms with Crippen LogP contribution in [0.15, 0.2) is 0 Å². The van der Waals surface area contributed by atoms with Crippen molar-refractivity contribution in [1.82, 2.24) is 15.1 Å². The van der Waals surface area contributed by atoms with Gasteiger partial charge in [0.2, 0.25) is 5.91 Å². The Morgan fingerprint density at radius 2 is 2.22 bits per heavy atom. The molecule has 1 aromatic rings. The van der Waals surface area contributed by atoms with Gasteiger partial charge < -0.3 is 11.1 Å². The summed E-state index contributed by atoms with van der Waals surface area (Å²) in [5.74, 6) is 1.03. The molecule has 1 amide bonds. The summed E-state index contributed by atoms with van der Waals surface area (Å²) >= 11 is 1.78. The summed E-state index contributed by atoms with van der Waals surface area (Å²) in [5, 5.41) is 7.21. The third-order valence-electron chi connectivity index (χ3n) is 2.89. The second-order valence-corrected chi connectivity index (χ2v) is 5.48. The van der Waals surface area contributed by atoms with E-state index in [2.05, 4.69) is 16.7 Å². The molecular weight excluding hydrogens is 248 g/mol. The fraction of sp³-hybridized carbons (Fsp3) is 0.667. The number of thioether (sulfide) groups is 1. The van der Waals surface area contributed by atoms with Gasteiger partial charge in [0, 0.05) is 6.04 Å². The second-order valence-electron chi connectivity index (χ2n) is 4.49. The minimum absolute atomic E-state index is 0.0193. The lowest BCUT2D eigenvalue weighted by Crippen LogP contribution is -2.35. The molecule has 3 N–H and O–H groups in total. The summed E-state index contributed by atoms with van der Waals surface area (Å²) in [4.78, 5) is 11.8. The van der Waals surface area contributed by atoms with Crippen LogP contribution in [0.2, 0.25) is 0 Å². The number of rotatable bonds is 6. The van der Waals surface area contributed by atoms with Crippen molar-refractivity contribution in [2.24, 2.45) is 0 Å². The molecule has 18 heavy (non-hydrogen) atoms.